The average molecular weight is 255 g/mol. The first-order chi connectivity index (χ1) is 8.40. The van der Waals surface area contributed by atoms with E-state index in [1.165, 1.54) is 23.2 Å². The molecule has 0 bridgehead atoms. The number of hydrogen-bond acceptors (Lipinski definition) is 3. The Morgan fingerprint density at radius 1 is 1.28 bits per heavy atom. The Bertz CT molecular complexity index is 432. The molecule has 1 aromatic rings. The monoisotopic (exact) mass is 255 g/mol. The zero-order valence-electron chi connectivity index (χ0n) is 11.2. The maximum Gasteiger partial charge on any atom is 0.172 e. The van der Waals surface area contributed by atoms with E-state index in [4.69, 9.17) is 0 Å². The van der Waals surface area contributed by atoms with Crippen LogP contribution in [0, 0.1) is 11.6 Å². The molecule has 3 nitrogen and oxygen atoms in total. The molecule has 0 radical (unpaired) electrons. The van der Waals surface area contributed by atoms with Crippen LogP contribution in [0.5, 0.6) is 0 Å². The number of halogens is 2. The van der Waals surface area contributed by atoms with Crippen LogP contribution >= 0.6 is 0 Å². The number of nitrogens with zero attached hydrogens (tertiary/aromatic N) is 2. The molecule has 0 saturated carbocycles. The molecule has 0 spiro atoms. The molecule has 0 heterocycles. The van der Waals surface area contributed by atoms with Gasteiger partial charge in [-0.1, -0.05) is 6.58 Å². The molecule has 1 aromatic carbocycles. The van der Waals surface area contributed by atoms with E-state index in [0.29, 0.717) is 5.69 Å². The predicted molar refractivity (Wildman–Crippen MR) is 71.9 cm³/mol. The molecule has 0 amide bonds. The summed E-state index contributed by atoms with van der Waals surface area (Å²) in [6.45, 7) is 5.33. The second-order valence-corrected chi connectivity index (χ2v) is 4.28. The summed E-state index contributed by atoms with van der Waals surface area (Å²) in [4.78, 5) is 3.11. The summed E-state index contributed by atoms with van der Waals surface area (Å²) in [7, 11) is 5.05. The standard InChI is InChI=1S/C13H19F2N3/c1-6-16-9(2)18(5)13-10(14)7-8-11(12(13)15)17(3)4/h6-9,16H,1H2,2-5H3. The maximum atomic E-state index is 14.3. The van der Waals surface area contributed by atoms with Gasteiger partial charge in [0.25, 0.3) is 0 Å². The van der Waals surface area contributed by atoms with Crippen LogP contribution in [-0.4, -0.2) is 27.3 Å². The van der Waals surface area contributed by atoms with Gasteiger partial charge in [0.15, 0.2) is 5.82 Å². The van der Waals surface area contributed by atoms with Crippen LogP contribution in [0.25, 0.3) is 0 Å². The molecule has 0 saturated heterocycles. The van der Waals surface area contributed by atoms with Gasteiger partial charge in [-0.3, -0.25) is 0 Å². The lowest BCUT2D eigenvalue weighted by atomic mass is 10.2. The Balaban J connectivity index is 3.22. The van der Waals surface area contributed by atoms with E-state index in [-0.39, 0.29) is 11.9 Å². The zero-order chi connectivity index (χ0) is 13.9. The van der Waals surface area contributed by atoms with E-state index in [1.807, 2.05) is 0 Å². The number of hydrogen-bond donors (Lipinski definition) is 1. The summed E-state index contributed by atoms with van der Waals surface area (Å²) in [5.41, 5.74) is 0.298. The van der Waals surface area contributed by atoms with E-state index in [2.05, 4.69) is 11.9 Å². The second-order valence-electron chi connectivity index (χ2n) is 4.28. The molecule has 0 aliphatic carbocycles. The number of rotatable bonds is 5. The van der Waals surface area contributed by atoms with Gasteiger partial charge in [-0.2, -0.15) is 0 Å². The first-order valence-electron chi connectivity index (χ1n) is 5.65. The Kier molecular flexibility index (Phi) is 4.53. The summed E-state index contributed by atoms with van der Waals surface area (Å²) >= 11 is 0. The molecule has 0 aliphatic heterocycles. The highest BCUT2D eigenvalue weighted by molar-refractivity contribution is 5.61. The van der Waals surface area contributed by atoms with Crippen LogP contribution in [0.1, 0.15) is 6.92 Å². The SMILES string of the molecule is C=CNC(C)N(C)c1c(F)ccc(N(C)C)c1F. The Hall–Kier alpha value is -1.78. The normalized spacial score (nSPS) is 11.9. The van der Waals surface area contributed by atoms with Crippen molar-refractivity contribution < 1.29 is 8.78 Å². The molecular formula is C13H19F2N3. The third-order valence-electron chi connectivity index (χ3n) is 2.82. The summed E-state index contributed by atoms with van der Waals surface area (Å²) in [5, 5.41) is 2.89. The molecule has 1 N–H and O–H groups in total. The van der Waals surface area contributed by atoms with Crippen LogP contribution in [0.15, 0.2) is 24.9 Å². The zero-order valence-corrected chi connectivity index (χ0v) is 11.2. The highest BCUT2D eigenvalue weighted by Crippen LogP contribution is 2.30. The lowest BCUT2D eigenvalue weighted by Gasteiger charge is -2.29. The van der Waals surface area contributed by atoms with Gasteiger partial charge in [-0.05, 0) is 25.3 Å². The Morgan fingerprint density at radius 3 is 2.39 bits per heavy atom. The van der Waals surface area contributed by atoms with Crippen molar-refractivity contribution in [3.8, 4) is 0 Å². The largest absolute Gasteiger partial charge is 0.375 e. The molecule has 1 unspecified atom stereocenters. The van der Waals surface area contributed by atoms with E-state index in [1.54, 1.807) is 33.0 Å². The molecule has 0 fully saturated rings. The van der Waals surface area contributed by atoms with Crippen molar-refractivity contribution in [3.63, 3.8) is 0 Å². The van der Waals surface area contributed by atoms with Gasteiger partial charge in [-0.15, -0.1) is 0 Å². The third kappa shape index (κ3) is 2.72. The quantitative estimate of drug-likeness (QED) is 0.816. The van der Waals surface area contributed by atoms with Crippen LogP contribution in [0.4, 0.5) is 20.2 Å². The average Bonchev–Trinajstić information content (AvgIpc) is 2.28. The van der Waals surface area contributed by atoms with Crippen molar-refractivity contribution in [2.24, 2.45) is 0 Å². The minimum absolute atomic E-state index is 0.0527. The molecule has 18 heavy (non-hydrogen) atoms. The maximum absolute atomic E-state index is 14.3. The molecular weight excluding hydrogens is 236 g/mol. The number of nitrogens with one attached hydrogen (secondary N) is 1. The molecule has 100 valence electrons. The lowest BCUT2D eigenvalue weighted by molar-refractivity contribution is 0.547. The fraction of sp³-hybridized carbons (Fsp3) is 0.385. The molecule has 5 heteroatoms. The molecule has 0 aliphatic rings. The fourth-order valence-electron chi connectivity index (χ4n) is 1.68. The van der Waals surface area contributed by atoms with Crippen LogP contribution in [0.2, 0.25) is 0 Å². The van der Waals surface area contributed by atoms with Gasteiger partial charge in [-0.25, -0.2) is 8.78 Å². The van der Waals surface area contributed by atoms with E-state index in [9.17, 15) is 8.78 Å². The van der Waals surface area contributed by atoms with Gasteiger partial charge < -0.3 is 15.1 Å². The van der Waals surface area contributed by atoms with Gasteiger partial charge >= 0.3 is 0 Å². The molecule has 1 rings (SSSR count). The summed E-state index contributed by atoms with van der Waals surface area (Å²) < 4.78 is 28.0. The Labute approximate surface area is 107 Å². The number of benzene rings is 1. The van der Waals surface area contributed by atoms with Crippen molar-refractivity contribution in [2.75, 3.05) is 30.9 Å². The van der Waals surface area contributed by atoms with E-state index >= 15 is 0 Å². The fourth-order valence-corrected chi connectivity index (χ4v) is 1.68. The van der Waals surface area contributed by atoms with Gasteiger partial charge in [0.1, 0.15) is 11.5 Å². The van der Waals surface area contributed by atoms with Gasteiger partial charge in [0, 0.05) is 21.1 Å². The van der Waals surface area contributed by atoms with Gasteiger partial charge in [0.2, 0.25) is 0 Å². The topological polar surface area (TPSA) is 18.5 Å². The highest BCUT2D eigenvalue weighted by Gasteiger charge is 2.20. The number of anilines is 2. The van der Waals surface area contributed by atoms with Crippen LogP contribution in [0.3, 0.4) is 0 Å². The van der Waals surface area contributed by atoms with E-state index < -0.39 is 11.6 Å². The molecule has 0 aromatic heterocycles. The van der Waals surface area contributed by atoms with Crippen molar-refractivity contribution in [3.05, 3.63) is 36.5 Å². The summed E-state index contributed by atoms with van der Waals surface area (Å²) in [6, 6.07) is 2.69. The van der Waals surface area contributed by atoms with Crippen molar-refractivity contribution in [1.82, 2.24) is 5.32 Å². The van der Waals surface area contributed by atoms with E-state index in [0.717, 1.165) is 0 Å². The predicted octanol–water partition coefficient (Wildman–Crippen LogP) is 2.55. The van der Waals surface area contributed by atoms with Crippen molar-refractivity contribution >= 4 is 11.4 Å². The van der Waals surface area contributed by atoms with Gasteiger partial charge in [0.05, 0.1) is 11.9 Å². The summed E-state index contributed by atoms with van der Waals surface area (Å²) in [5.74, 6) is -1.15. The second kappa shape index (κ2) is 5.71. The highest BCUT2D eigenvalue weighted by atomic mass is 19.1. The first-order valence-corrected chi connectivity index (χ1v) is 5.65. The minimum Gasteiger partial charge on any atom is -0.375 e. The van der Waals surface area contributed by atoms with Crippen LogP contribution in [-0.2, 0) is 0 Å². The summed E-state index contributed by atoms with van der Waals surface area (Å²) in [6.07, 6.45) is 1.23. The smallest absolute Gasteiger partial charge is 0.172 e. The van der Waals surface area contributed by atoms with Crippen molar-refractivity contribution in [1.29, 1.82) is 0 Å². The van der Waals surface area contributed by atoms with Crippen molar-refractivity contribution in [2.45, 2.75) is 13.1 Å². The third-order valence-corrected chi connectivity index (χ3v) is 2.82. The lowest BCUT2D eigenvalue weighted by Crippen LogP contribution is -2.39. The first kappa shape index (κ1) is 14.3. The minimum atomic E-state index is -0.585. The van der Waals surface area contributed by atoms with Crippen LogP contribution < -0.4 is 15.1 Å². The Morgan fingerprint density at radius 2 is 1.89 bits per heavy atom. The molecule has 1 atom stereocenters.